The van der Waals surface area contributed by atoms with Gasteiger partial charge in [-0.25, -0.2) is 0 Å². The number of thiocarbonyl (C=S) groups is 1. The van der Waals surface area contributed by atoms with Crippen molar-refractivity contribution in [2.24, 2.45) is 11.1 Å². The van der Waals surface area contributed by atoms with Gasteiger partial charge in [-0.1, -0.05) is 33.0 Å². The minimum atomic E-state index is 0.0178. The summed E-state index contributed by atoms with van der Waals surface area (Å²) in [7, 11) is 2.13. The zero-order chi connectivity index (χ0) is 10.5. The lowest BCUT2D eigenvalue weighted by atomic mass is 9.88. The van der Waals surface area contributed by atoms with Crippen molar-refractivity contribution in [3.05, 3.63) is 0 Å². The lowest BCUT2D eigenvalue weighted by Gasteiger charge is -2.24. The van der Waals surface area contributed by atoms with Crippen LogP contribution in [0.1, 0.15) is 33.6 Å². The Morgan fingerprint density at radius 1 is 1.46 bits per heavy atom. The highest BCUT2D eigenvalue weighted by atomic mass is 32.1. The van der Waals surface area contributed by atoms with Crippen molar-refractivity contribution in [3.63, 3.8) is 0 Å². The predicted octanol–water partition coefficient (Wildman–Crippen LogP) is 2.03. The summed E-state index contributed by atoms with van der Waals surface area (Å²) in [5.41, 5.74) is 5.66. The van der Waals surface area contributed by atoms with E-state index < -0.39 is 0 Å². The fraction of sp³-hybridized carbons (Fsp3) is 0.900. The Balaban J connectivity index is 3.70. The van der Waals surface area contributed by atoms with Crippen LogP contribution < -0.4 is 5.73 Å². The molecule has 2 N–H and O–H groups in total. The predicted molar refractivity (Wildman–Crippen MR) is 63.0 cm³/mol. The number of rotatable bonds is 6. The van der Waals surface area contributed by atoms with Gasteiger partial charge < -0.3 is 10.6 Å². The summed E-state index contributed by atoms with van der Waals surface area (Å²) >= 11 is 5.00. The van der Waals surface area contributed by atoms with Gasteiger partial charge in [0.1, 0.15) is 0 Å². The van der Waals surface area contributed by atoms with Crippen molar-refractivity contribution in [1.82, 2.24) is 4.90 Å². The molecule has 2 nitrogen and oxygen atoms in total. The second-order valence-corrected chi connectivity index (χ2v) is 4.69. The van der Waals surface area contributed by atoms with E-state index in [1.54, 1.807) is 0 Å². The molecule has 0 radical (unpaired) electrons. The molecule has 78 valence electrons. The fourth-order valence-electron chi connectivity index (χ4n) is 1.07. The molecule has 13 heavy (non-hydrogen) atoms. The smallest absolute Gasteiger partial charge is 0.0784 e. The summed E-state index contributed by atoms with van der Waals surface area (Å²) in [4.78, 5) is 2.93. The monoisotopic (exact) mass is 202 g/mol. The number of hydrogen-bond donors (Lipinski definition) is 1. The molecule has 0 bridgehead atoms. The van der Waals surface area contributed by atoms with Crippen molar-refractivity contribution < 1.29 is 0 Å². The summed E-state index contributed by atoms with van der Waals surface area (Å²) in [6.45, 7) is 8.62. The standard InChI is InChI=1S/C10H22N2S/c1-5-12(4)8-6-7-10(2,3)9(11)13/h5-8H2,1-4H3,(H2,11,13). The molecule has 0 fully saturated rings. The molecule has 0 atom stereocenters. The van der Waals surface area contributed by atoms with E-state index in [9.17, 15) is 0 Å². The van der Waals surface area contributed by atoms with Gasteiger partial charge in [0.25, 0.3) is 0 Å². The maximum atomic E-state index is 5.64. The van der Waals surface area contributed by atoms with E-state index in [4.69, 9.17) is 18.0 Å². The van der Waals surface area contributed by atoms with E-state index in [2.05, 4.69) is 32.7 Å². The topological polar surface area (TPSA) is 29.3 Å². The third-order valence-corrected chi connectivity index (χ3v) is 3.10. The molecule has 3 heteroatoms. The molecule has 0 saturated carbocycles. The second-order valence-electron chi connectivity index (χ2n) is 4.25. The minimum Gasteiger partial charge on any atom is -0.393 e. The Hall–Kier alpha value is -0.150. The van der Waals surface area contributed by atoms with Gasteiger partial charge in [0.15, 0.2) is 0 Å². The SMILES string of the molecule is CCN(C)CCCC(C)(C)C(N)=S. The third kappa shape index (κ3) is 5.21. The average Bonchev–Trinajstić information content (AvgIpc) is 2.03. The fourth-order valence-corrected chi connectivity index (χ4v) is 1.17. The Kier molecular flexibility index (Phi) is 5.49. The Morgan fingerprint density at radius 3 is 2.38 bits per heavy atom. The van der Waals surface area contributed by atoms with Gasteiger partial charge >= 0.3 is 0 Å². The molecule has 0 rings (SSSR count). The van der Waals surface area contributed by atoms with E-state index in [-0.39, 0.29) is 5.41 Å². The van der Waals surface area contributed by atoms with Crippen molar-refractivity contribution in [2.45, 2.75) is 33.6 Å². The third-order valence-electron chi connectivity index (χ3n) is 2.55. The summed E-state index contributed by atoms with van der Waals surface area (Å²) in [5, 5.41) is 0. The zero-order valence-corrected chi connectivity index (χ0v) is 10.1. The van der Waals surface area contributed by atoms with Crippen LogP contribution in [0, 0.1) is 5.41 Å². The van der Waals surface area contributed by atoms with E-state index in [1.807, 2.05) is 0 Å². The van der Waals surface area contributed by atoms with Crippen LogP contribution in [0.5, 0.6) is 0 Å². The van der Waals surface area contributed by atoms with Gasteiger partial charge in [0, 0.05) is 5.41 Å². The number of hydrogen-bond acceptors (Lipinski definition) is 2. The van der Waals surface area contributed by atoms with Crippen LogP contribution in [-0.4, -0.2) is 30.0 Å². The Morgan fingerprint density at radius 2 is 2.00 bits per heavy atom. The summed E-state index contributed by atoms with van der Waals surface area (Å²) in [6, 6.07) is 0. The summed E-state index contributed by atoms with van der Waals surface area (Å²) < 4.78 is 0. The highest BCUT2D eigenvalue weighted by molar-refractivity contribution is 7.80. The largest absolute Gasteiger partial charge is 0.393 e. The molecule has 0 spiro atoms. The normalized spacial score (nSPS) is 12.1. The molecule has 0 amide bonds. The van der Waals surface area contributed by atoms with Crippen LogP contribution in [0.25, 0.3) is 0 Å². The minimum absolute atomic E-state index is 0.0178. The van der Waals surface area contributed by atoms with E-state index >= 15 is 0 Å². The van der Waals surface area contributed by atoms with E-state index in [0.29, 0.717) is 4.99 Å². The molecule has 0 aliphatic rings. The molecule has 0 aromatic rings. The Bertz CT molecular complexity index is 166. The quantitative estimate of drug-likeness (QED) is 0.668. The van der Waals surface area contributed by atoms with Gasteiger partial charge in [-0.15, -0.1) is 0 Å². The van der Waals surface area contributed by atoms with Crippen molar-refractivity contribution >= 4 is 17.2 Å². The number of nitrogens with two attached hydrogens (primary N) is 1. The van der Waals surface area contributed by atoms with E-state index in [1.165, 1.54) is 0 Å². The van der Waals surface area contributed by atoms with Crippen LogP contribution in [0.4, 0.5) is 0 Å². The first-order valence-electron chi connectivity index (χ1n) is 4.88. The lowest BCUT2D eigenvalue weighted by Crippen LogP contribution is -2.30. The summed E-state index contributed by atoms with van der Waals surface area (Å²) in [6.07, 6.45) is 2.24. The molecular weight excluding hydrogens is 180 g/mol. The van der Waals surface area contributed by atoms with Gasteiger partial charge in [0.2, 0.25) is 0 Å². The lowest BCUT2D eigenvalue weighted by molar-refractivity contribution is 0.321. The second kappa shape index (κ2) is 5.55. The maximum absolute atomic E-state index is 5.64. The van der Waals surface area contributed by atoms with E-state index in [0.717, 1.165) is 25.9 Å². The molecule has 0 unspecified atom stereocenters. The van der Waals surface area contributed by atoms with Crippen LogP contribution >= 0.6 is 12.2 Å². The first-order valence-corrected chi connectivity index (χ1v) is 5.29. The molecular formula is C10H22N2S. The van der Waals surface area contributed by atoms with Gasteiger partial charge in [-0.2, -0.15) is 0 Å². The van der Waals surface area contributed by atoms with Gasteiger partial charge in [0.05, 0.1) is 4.99 Å². The molecule has 0 heterocycles. The van der Waals surface area contributed by atoms with Crippen LogP contribution in [0.2, 0.25) is 0 Å². The molecule has 0 aromatic carbocycles. The average molecular weight is 202 g/mol. The number of nitrogens with zero attached hydrogens (tertiary/aromatic N) is 1. The highest BCUT2D eigenvalue weighted by Crippen LogP contribution is 2.22. The highest BCUT2D eigenvalue weighted by Gasteiger charge is 2.20. The van der Waals surface area contributed by atoms with Crippen LogP contribution in [-0.2, 0) is 0 Å². The maximum Gasteiger partial charge on any atom is 0.0784 e. The van der Waals surface area contributed by atoms with Crippen LogP contribution in [0.3, 0.4) is 0 Å². The van der Waals surface area contributed by atoms with Crippen molar-refractivity contribution in [3.8, 4) is 0 Å². The summed E-state index contributed by atoms with van der Waals surface area (Å²) in [5.74, 6) is 0. The van der Waals surface area contributed by atoms with Gasteiger partial charge in [-0.05, 0) is 33.0 Å². The Labute approximate surface area is 87.5 Å². The first kappa shape index (κ1) is 12.8. The molecule has 0 aromatic heterocycles. The van der Waals surface area contributed by atoms with Gasteiger partial charge in [-0.3, -0.25) is 0 Å². The molecule has 0 aliphatic heterocycles. The van der Waals surface area contributed by atoms with Crippen LogP contribution in [0.15, 0.2) is 0 Å². The molecule has 0 aliphatic carbocycles. The van der Waals surface area contributed by atoms with Crippen molar-refractivity contribution in [2.75, 3.05) is 20.1 Å². The van der Waals surface area contributed by atoms with Crippen molar-refractivity contribution in [1.29, 1.82) is 0 Å². The zero-order valence-electron chi connectivity index (χ0n) is 9.26. The first-order chi connectivity index (χ1) is 5.90. The molecule has 0 saturated heterocycles.